The second-order valence-electron chi connectivity index (χ2n) is 6.96. The Morgan fingerprint density at radius 3 is 2.42 bits per heavy atom. The summed E-state index contributed by atoms with van der Waals surface area (Å²) in [4.78, 5) is 24.3. The summed E-state index contributed by atoms with van der Waals surface area (Å²) in [5, 5.41) is 0. The largest absolute Gasteiger partial charge is 0.298 e. The number of hydrogen-bond donors (Lipinski definition) is 0. The molecule has 0 radical (unpaired) electrons. The van der Waals surface area contributed by atoms with Crippen molar-refractivity contribution in [1.29, 1.82) is 0 Å². The van der Waals surface area contributed by atoms with Gasteiger partial charge in [0.05, 0.1) is 11.8 Å². The van der Waals surface area contributed by atoms with Crippen molar-refractivity contribution in [2.24, 2.45) is 5.41 Å². The highest BCUT2D eigenvalue weighted by atomic mass is 16.2. The van der Waals surface area contributed by atoms with Crippen molar-refractivity contribution in [3.8, 4) is 0 Å². The zero-order valence-corrected chi connectivity index (χ0v) is 12.2. The Labute approximate surface area is 115 Å². The Kier molecular flexibility index (Phi) is 3.38. The van der Waals surface area contributed by atoms with Crippen LogP contribution in [0.4, 0.5) is 0 Å². The van der Waals surface area contributed by atoms with Crippen molar-refractivity contribution < 1.29 is 9.59 Å². The summed E-state index contributed by atoms with van der Waals surface area (Å²) in [6, 6.07) is 7.57. The number of Topliss-reactive ketones (excluding diaryl/α,β-unsaturated/α-hetero) is 2. The highest BCUT2D eigenvalue weighted by Gasteiger charge is 2.42. The molecule has 0 spiro atoms. The average Bonchev–Trinajstić information content (AvgIpc) is 2.33. The summed E-state index contributed by atoms with van der Waals surface area (Å²) in [5.74, 6) is 0.0364. The van der Waals surface area contributed by atoms with Gasteiger partial charge in [-0.2, -0.15) is 0 Å². The van der Waals surface area contributed by atoms with E-state index in [0.29, 0.717) is 0 Å². The van der Waals surface area contributed by atoms with Crippen LogP contribution in [-0.4, -0.2) is 11.6 Å². The SMILES string of the molecule is CC(C)(C)CC[C@@]1(C)C(=O)CC(=O)c2ccccc21. The smallest absolute Gasteiger partial charge is 0.170 e. The van der Waals surface area contributed by atoms with Crippen molar-refractivity contribution in [1.82, 2.24) is 0 Å². The molecule has 0 unspecified atom stereocenters. The number of benzene rings is 1. The molecule has 1 aliphatic rings. The second-order valence-corrected chi connectivity index (χ2v) is 6.96. The van der Waals surface area contributed by atoms with E-state index in [0.717, 1.165) is 24.0 Å². The van der Waals surface area contributed by atoms with Crippen LogP contribution in [0.2, 0.25) is 0 Å². The van der Waals surface area contributed by atoms with Crippen LogP contribution < -0.4 is 0 Å². The predicted octanol–water partition coefficient (Wildman–Crippen LogP) is 3.93. The lowest BCUT2D eigenvalue weighted by Gasteiger charge is -2.35. The van der Waals surface area contributed by atoms with Crippen LogP contribution in [0.3, 0.4) is 0 Å². The normalized spacial score (nSPS) is 23.4. The number of ketones is 2. The van der Waals surface area contributed by atoms with Crippen LogP contribution >= 0.6 is 0 Å². The number of hydrogen-bond acceptors (Lipinski definition) is 2. The van der Waals surface area contributed by atoms with E-state index < -0.39 is 5.41 Å². The van der Waals surface area contributed by atoms with Gasteiger partial charge in [0.25, 0.3) is 0 Å². The molecule has 2 nitrogen and oxygen atoms in total. The van der Waals surface area contributed by atoms with E-state index in [1.807, 2.05) is 31.2 Å². The van der Waals surface area contributed by atoms with E-state index in [9.17, 15) is 9.59 Å². The quantitative estimate of drug-likeness (QED) is 0.753. The van der Waals surface area contributed by atoms with E-state index in [1.165, 1.54) is 0 Å². The van der Waals surface area contributed by atoms with E-state index in [1.54, 1.807) is 0 Å². The summed E-state index contributed by atoms with van der Waals surface area (Å²) in [7, 11) is 0. The maximum absolute atomic E-state index is 12.4. The molecule has 2 rings (SSSR count). The summed E-state index contributed by atoms with van der Waals surface area (Å²) in [5.41, 5.74) is 1.34. The third-order valence-corrected chi connectivity index (χ3v) is 4.13. The van der Waals surface area contributed by atoms with E-state index >= 15 is 0 Å². The highest BCUT2D eigenvalue weighted by Crippen LogP contribution is 2.40. The van der Waals surface area contributed by atoms with Crippen molar-refractivity contribution in [3.63, 3.8) is 0 Å². The van der Waals surface area contributed by atoms with Gasteiger partial charge >= 0.3 is 0 Å². The lowest BCUT2D eigenvalue weighted by Crippen LogP contribution is -2.40. The molecule has 0 aromatic heterocycles. The number of fused-ring (bicyclic) bond motifs is 1. The van der Waals surface area contributed by atoms with Crippen molar-refractivity contribution in [2.45, 2.75) is 52.4 Å². The Morgan fingerprint density at radius 2 is 1.79 bits per heavy atom. The van der Waals surface area contributed by atoms with Gasteiger partial charge in [-0.05, 0) is 30.7 Å². The summed E-state index contributed by atoms with van der Waals surface area (Å²) < 4.78 is 0. The van der Waals surface area contributed by atoms with Gasteiger partial charge in [-0.15, -0.1) is 0 Å². The van der Waals surface area contributed by atoms with Crippen LogP contribution in [0.25, 0.3) is 0 Å². The average molecular weight is 258 g/mol. The van der Waals surface area contributed by atoms with Gasteiger partial charge in [-0.3, -0.25) is 9.59 Å². The summed E-state index contributed by atoms with van der Waals surface area (Å²) in [6.07, 6.45) is 1.83. The number of carbonyl (C=O) groups excluding carboxylic acids is 2. The molecule has 0 saturated heterocycles. The minimum Gasteiger partial charge on any atom is -0.298 e. The molecule has 19 heavy (non-hydrogen) atoms. The monoisotopic (exact) mass is 258 g/mol. The van der Waals surface area contributed by atoms with Gasteiger partial charge in [-0.25, -0.2) is 0 Å². The molecule has 0 N–H and O–H groups in total. The maximum Gasteiger partial charge on any atom is 0.170 e. The van der Waals surface area contributed by atoms with E-state index in [4.69, 9.17) is 0 Å². The summed E-state index contributed by atoms with van der Waals surface area (Å²) >= 11 is 0. The first-order valence-corrected chi connectivity index (χ1v) is 6.90. The first kappa shape index (κ1) is 14.0. The fourth-order valence-electron chi connectivity index (χ4n) is 2.69. The minimum atomic E-state index is -0.502. The van der Waals surface area contributed by atoms with E-state index in [2.05, 4.69) is 20.8 Å². The molecule has 0 heterocycles. The lowest BCUT2D eigenvalue weighted by atomic mass is 9.66. The molecule has 2 heteroatoms. The maximum atomic E-state index is 12.4. The zero-order valence-electron chi connectivity index (χ0n) is 12.2. The van der Waals surface area contributed by atoms with Gasteiger partial charge in [0.1, 0.15) is 0 Å². The summed E-state index contributed by atoms with van der Waals surface area (Å²) in [6.45, 7) is 8.54. The van der Waals surface area contributed by atoms with Gasteiger partial charge in [0.2, 0.25) is 0 Å². The topological polar surface area (TPSA) is 34.1 Å². The molecule has 1 aromatic rings. The fourth-order valence-corrected chi connectivity index (χ4v) is 2.69. The van der Waals surface area contributed by atoms with Crippen molar-refractivity contribution in [3.05, 3.63) is 35.4 Å². The first-order chi connectivity index (χ1) is 8.74. The van der Waals surface area contributed by atoms with Crippen molar-refractivity contribution >= 4 is 11.6 Å². The third-order valence-electron chi connectivity index (χ3n) is 4.13. The van der Waals surface area contributed by atoms with E-state index in [-0.39, 0.29) is 23.4 Å². The van der Waals surface area contributed by atoms with Gasteiger partial charge in [0.15, 0.2) is 11.6 Å². The number of carbonyl (C=O) groups is 2. The highest BCUT2D eigenvalue weighted by molar-refractivity contribution is 6.15. The molecule has 0 fully saturated rings. The molecule has 102 valence electrons. The van der Waals surface area contributed by atoms with Crippen LogP contribution in [0.5, 0.6) is 0 Å². The molecule has 1 aliphatic carbocycles. The lowest BCUT2D eigenvalue weighted by molar-refractivity contribution is -0.124. The van der Waals surface area contributed by atoms with Gasteiger partial charge in [-0.1, -0.05) is 45.0 Å². The van der Waals surface area contributed by atoms with Crippen LogP contribution in [-0.2, 0) is 10.2 Å². The zero-order chi connectivity index (χ0) is 14.3. The van der Waals surface area contributed by atoms with Crippen LogP contribution in [0, 0.1) is 5.41 Å². The molecular formula is C17H22O2. The van der Waals surface area contributed by atoms with Crippen LogP contribution in [0.1, 0.15) is 62.9 Å². The molecule has 1 atom stereocenters. The first-order valence-electron chi connectivity index (χ1n) is 6.90. The Hall–Kier alpha value is -1.44. The Morgan fingerprint density at radius 1 is 1.16 bits per heavy atom. The number of rotatable bonds is 2. The van der Waals surface area contributed by atoms with Gasteiger partial charge < -0.3 is 0 Å². The predicted molar refractivity (Wildman–Crippen MR) is 76.4 cm³/mol. The third kappa shape index (κ3) is 2.63. The fraction of sp³-hybridized carbons (Fsp3) is 0.529. The van der Waals surface area contributed by atoms with Crippen molar-refractivity contribution in [2.75, 3.05) is 0 Å². The standard InChI is InChI=1S/C17H22O2/c1-16(2,3)9-10-17(4)13-8-6-5-7-12(13)14(18)11-15(17)19/h5-8H,9-11H2,1-4H3/t17-/m1/s1. The Bertz CT molecular complexity index is 522. The molecule has 1 aromatic carbocycles. The molecule has 0 aliphatic heterocycles. The molecule has 0 amide bonds. The van der Waals surface area contributed by atoms with Gasteiger partial charge in [0, 0.05) is 5.56 Å². The minimum absolute atomic E-state index is 0.0335. The second kappa shape index (κ2) is 4.59. The molecule has 0 bridgehead atoms. The molecular weight excluding hydrogens is 236 g/mol. The van der Waals surface area contributed by atoms with Crippen LogP contribution in [0.15, 0.2) is 24.3 Å². The molecule has 0 saturated carbocycles. The Balaban J connectivity index is 2.41.